The van der Waals surface area contributed by atoms with Crippen LogP contribution in [0.1, 0.15) is 16.1 Å². The van der Waals surface area contributed by atoms with E-state index >= 15 is 0 Å². The molecular weight excluding hydrogens is 254 g/mol. The van der Waals surface area contributed by atoms with Gasteiger partial charge in [-0.25, -0.2) is 0 Å². The van der Waals surface area contributed by atoms with Crippen LogP contribution in [0.5, 0.6) is 0 Å². The maximum Gasteiger partial charge on any atom is 0.211 e. The van der Waals surface area contributed by atoms with Crippen LogP contribution in [0.25, 0.3) is 0 Å². The van der Waals surface area contributed by atoms with Gasteiger partial charge in [0.15, 0.2) is 0 Å². The minimum absolute atomic E-state index is 0.0527. The first-order valence-electron chi connectivity index (χ1n) is 4.48. The van der Waals surface area contributed by atoms with Gasteiger partial charge in [-0.3, -0.25) is 9.78 Å². The third-order valence-corrected chi connectivity index (χ3v) is 2.47. The summed E-state index contributed by atoms with van der Waals surface area (Å²) in [7, 11) is 0. The molecule has 1 aromatic carbocycles. The molecule has 3 heteroatoms. The van der Waals surface area contributed by atoms with Gasteiger partial charge in [0.1, 0.15) is 5.69 Å². The summed E-state index contributed by atoms with van der Waals surface area (Å²) in [6.07, 6.45) is 1.62. The lowest BCUT2D eigenvalue weighted by Gasteiger charge is -1.99. The second kappa shape index (κ2) is 4.36. The van der Waals surface area contributed by atoms with Crippen LogP contribution in [0.3, 0.4) is 0 Å². The average molecular weight is 262 g/mol. The molecule has 0 aliphatic heterocycles. The number of carbonyl (C=O) groups is 1. The van der Waals surface area contributed by atoms with Crippen LogP contribution >= 0.6 is 15.9 Å². The molecule has 0 N–H and O–H groups in total. The number of hydrogen-bond acceptors (Lipinski definition) is 2. The second-order valence-corrected chi connectivity index (χ2v) is 3.97. The van der Waals surface area contributed by atoms with Crippen molar-refractivity contribution >= 4 is 21.7 Å². The molecule has 74 valence electrons. The number of nitrogens with zero attached hydrogens (tertiary/aromatic N) is 1. The van der Waals surface area contributed by atoms with Crippen LogP contribution in [-0.2, 0) is 0 Å². The summed E-state index contributed by atoms with van der Waals surface area (Å²) in [6, 6.07) is 12.6. The molecule has 0 amide bonds. The fourth-order valence-electron chi connectivity index (χ4n) is 1.25. The maximum atomic E-state index is 11.9. The average Bonchev–Trinajstić information content (AvgIpc) is 2.30. The summed E-state index contributed by atoms with van der Waals surface area (Å²) in [5.41, 5.74) is 1.12. The highest BCUT2D eigenvalue weighted by Gasteiger charge is 2.08. The highest BCUT2D eigenvalue weighted by atomic mass is 79.9. The Kier molecular flexibility index (Phi) is 2.92. The molecule has 0 saturated carbocycles. The Morgan fingerprint density at radius 2 is 1.80 bits per heavy atom. The van der Waals surface area contributed by atoms with Crippen LogP contribution in [0, 0.1) is 0 Å². The zero-order chi connectivity index (χ0) is 10.7. The van der Waals surface area contributed by atoms with E-state index in [1.807, 2.05) is 24.3 Å². The first kappa shape index (κ1) is 10.1. The number of rotatable bonds is 2. The third-order valence-electron chi connectivity index (χ3n) is 2.00. The molecule has 0 fully saturated rings. The summed E-state index contributed by atoms with van der Waals surface area (Å²) in [6.45, 7) is 0. The van der Waals surface area contributed by atoms with Crippen LogP contribution in [-0.4, -0.2) is 10.8 Å². The Morgan fingerprint density at radius 3 is 2.40 bits per heavy atom. The number of aromatic nitrogens is 1. The minimum atomic E-state index is -0.0527. The molecule has 0 radical (unpaired) electrons. The smallest absolute Gasteiger partial charge is 0.211 e. The van der Waals surface area contributed by atoms with Crippen molar-refractivity contribution in [2.24, 2.45) is 0 Å². The fourth-order valence-corrected chi connectivity index (χ4v) is 1.48. The van der Waals surface area contributed by atoms with E-state index in [0.717, 1.165) is 4.47 Å². The van der Waals surface area contributed by atoms with Crippen molar-refractivity contribution in [2.45, 2.75) is 0 Å². The molecule has 1 aromatic heterocycles. The molecule has 0 aliphatic carbocycles. The molecule has 0 unspecified atom stereocenters. The van der Waals surface area contributed by atoms with Gasteiger partial charge in [0, 0.05) is 16.2 Å². The van der Waals surface area contributed by atoms with E-state index in [1.54, 1.807) is 24.4 Å². The highest BCUT2D eigenvalue weighted by molar-refractivity contribution is 9.10. The van der Waals surface area contributed by atoms with Gasteiger partial charge in [-0.1, -0.05) is 30.3 Å². The van der Waals surface area contributed by atoms with Crippen LogP contribution in [0.4, 0.5) is 0 Å². The van der Waals surface area contributed by atoms with Crippen molar-refractivity contribution in [2.75, 3.05) is 0 Å². The number of carbonyl (C=O) groups excluding carboxylic acids is 1. The largest absolute Gasteiger partial charge is 0.287 e. The van der Waals surface area contributed by atoms with E-state index < -0.39 is 0 Å². The van der Waals surface area contributed by atoms with Gasteiger partial charge >= 0.3 is 0 Å². The van der Waals surface area contributed by atoms with E-state index in [0.29, 0.717) is 11.3 Å². The van der Waals surface area contributed by atoms with Gasteiger partial charge in [0.2, 0.25) is 5.78 Å². The lowest BCUT2D eigenvalue weighted by atomic mass is 10.1. The molecule has 15 heavy (non-hydrogen) atoms. The van der Waals surface area contributed by atoms with E-state index in [1.165, 1.54) is 0 Å². The first-order chi connectivity index (χ1) is 7.27. The molecular formula is C12H8BrNO. The molecule has 0 bridgehead atoms. The Morgan fingerprint density at radius 1 is 1.07 bits per heavy atom. The molecule has 0 aliphatic rings. The molecule has 0 spiro atoms. The Balaban J connectivity index is 2.33. The van der Waals surface area contributed by atoms with Gasteiger partial charge in [-0.2, -0.15) is 0 Å². The van der Waals surface area contributed by atoms with Gasteiger partial charge in [-0.15, -0.1) is 0 Å². The lowest BCUT2D eigenvalue weighted by Crippen LogP contribution is -2.02. The Hall–Kier alpha value is -1.48. The zero-order valence-electron chi connectivity index (χ0n) is 7.85. The zero-order valence-corrected chi connectivity index (χ0v) is 9.44. The summed E-state index contributed by atoms with van der Waals surface area (Å²) < 4.78 is 0.868. The maximum absolute atomic E-state index is 11.9. The van der Waals surface area contributed by atoms with Gasteiger partial charge < -0.3 is 0 Å². The molecule has 2 nitrogen and oxygen atoms in total. The first-order valence-corrected chi connectivity index (χ1v) is 5.28. The normalized spacial score (nSPS) is 9.93. The van der Waals surface area contributed by atoms with Crippen molar-refractivity contribution in [3.63, 3.8) is 0 Å². The van der Waals surface area contributed by atoms with Gasteiger partial charge in [-0.05, 0) is 28.1 Å². The number of hydrogen-bond donors (Lipinski definition) is 0. The number of pyridine rings is 1. The van der Waals surface area contributed by atoms with E-state index in [2.05, 4.69) is 20.9 Å². The van der Waals surface area contributed by atoms with Crippen molar-refractivity contribution in [3.8, 4) is 0 Å². The topological polar surface area (TPSA) is 30.0 Å². The minimum Gasteiger partial charge on any atom is -0.287 e. The Labute approximate surface area is 96.1 Å². The van der Waals surface area contributed by atoms with Crippen LogP contribution in [0.15, 0.2) is 53.1 Å². The predicted molar refractivity (Wildman–Crippen MR) is 61.8 cm³/mol. The molecule has 2 rings (SSSR count). The van der Waals surface area contributed by atoms with Crippen molar-refractivity contribution < 1.29 is 4.79 Å². The summed E-state index contributed by atoms with van der Waals surface area (Å²) in [5, 5.41) is 0. The summed E-state index contributed by atoms with van der Waals surface area (Å²) >= 11 is 3.28. The Bertz CT molecular complexity index is 465. The molecule has 1 heterocycles. The second-order valence-electron chi connectivity index (χ2n) is 3.06. The fraction of sp³-hybridized carbons (Fsp3) is 0. The van der Waals surface area contributed by atoms with E-state index in [-0.39, 0.29) is 5.78 Å². The monoisotopic (exact) mass is 261 g/mol. The standard InChI is InChI=1S/C12H8BrNO/c13-10-6-7-11(14-8-10)12(15)9-4-2-1-3-5-9/h1-8H. The lowest BCUT2D eigenvalue weighted by molar-refractivity contribution is 0.103. The van der Waals surface area contributed by atoms with Crippen LogP contribution in [0.2, 0.25) is 0 Å². The van der Waals surface area contributed by atoms with Gasteiger partial charge in [0.25, 0.3) is 0 Å². The highest BCUT2D eigenvalue weighted by Crippen LogP contribution is 2.11. The van der Waals surface area contributed by atoms with Crippen molar-refractivity contribution in [3.05, 3.63) is 64.4 Å². The molecule has 2 aromatic rings. The predicted octanol–water partition coefficient (Wildman–Crippen LogP) is 3.08. The number of halogens is 1. The third kappa shape index (κ3) is 2.30. The quantitative estimate of drug-likeness (QED) is 0.778. The molecule has 0 atom stereocenters. The SMILES string of the molecule is O=C(c1ccccc1)c1ccc(Br)cn1. The van der Waals surface area contributed by atoms with Crippen LogP contribution < -0.4 is 0 Å². The summed E-state index contributed by atoms with van der Waals surface area (Å²) in [5.74, 6) is -0.0527. The number of ketones is 1. The number of benzene rings is 1. The van der Waals surface area contributed by atoms with Gasteiger partial charge in [0.05, 0.1) is 0 Å². The van der Waals surface area contributed by atoms with E-state index in [9.17, 15) is 4.79 Å². The van der Waals surface area contributed by atoms with Crippen molar-refractivity contribution in [1.82, 2.24) is 4.98 Å². The van der Waals surface area contributed by atoms with E-state index in [4.69, 9.17) is 0 Å². The molecule has 0 saturated heterocycles. The summed E-state index contributed by atoms with van der Waals surface area (Å²) in [4.78, 5) is 15.9. The van der Waals surface area contributed by atoms with Crippen molar-refractivity contribution in [1.29, 1.82) is 0 Å².